The first-order valence-corrected chi connectivity index (χ1v) is 11.6. The fraction of sp³-hybridized carbons (Fsp3) is 0.320. The van der Waals surface area contributed by atoms with E-state index in [0.717, 1.165) is 58.4 Å². The topological polar surface area (TPSA) is 85.5 Å². The largest absolute Gasteiger partial charge is 0.459 e. The number of hydrogen-bond donors (Lipinski definition) is 1. The Balaban J connectivity index is 1.39. The maximum atomic E-state index is 6.53. The summed E-state index contributed by atoms with van der Waals surface area (Å²) >= 11 is 6.05. The summed E-state index contributed by atoms with van der Waals surface area (Å²) in [6.07, 6.45) is 1.97. The van der Waals surface area contributed by atoms with Crippen LogP contribution in [0.4, 0.5) is 0 Å². The Morgan fingerprint density at radius 2 is 2.00 bits per heavy atom. The molecule has 3 heterocycles. The molecular weight excluding hydrogens is 436 g/mol. The zero-order valence-corrected chi connectivity index (χ0v) is 19.5. The molecular formula is C25H27ClN6O. The lowest BCUT2D eigenvalue weighted by atomic mass is 10.2. The summed E-state index contributed by atoms with van der Waals surface area (Å²) in [6.45, 7) is 5.50. The second kappa shape index (κ2) is 8.90. The van der Waals surface area contributed by atoms with Gasteiger partial charge in [-0.05, 0) is 56.5 Å². The SMILES string of the molecule is Cc1nnc([C@H]2CCCN2C(N)=N[C@@H](C)c2cc3ccccc3o2)n1Cc1ccc(Cl)cc1. The highest BCUT2D eigenvalue weighted by Gasteiger charge is 2.32. The molecule has 0 saturated carbocycles. The number of halogens is 1. The molecule has 8 heteroatoms. The van der Waals surface area contributed by atoms with Crippen LogP contribution in [0.15, 0.2) is 64.0 Å². The molecule has 0 radical (unpaired) electrons. The molecule has 1 saturated heterocycles. The molecule has 2 aromatic heterocycles. The number of fused-ring (bicyclic) bond motifs is 1. The molecule has 170 valence electrons. The van der Waals surface area contributed by atoms with Crippen molar-refractivity contribution in [3.8, 4) is 0 Å². The zero-order chi connectivity index (χ0) is 22.9. The molecule has 2 aromatic carbocycles. The van der Waals surface area contributed by atoms with Crippen molar-refractivity contribution in [1.29, 1.82) is 0 Å². The average Bonchev–Trinajstić information content (AvgIpc) is 3.54. The van der Waals surface area contributed by atoms with E-state index in [2.05, 4.69) is 19.7 Å². The molecule has 33 heavy (non-hydrogen) atoms. The van der Waals surface area contributed by atoms with E-state index in [1.54, 1.807) is 0 Å². The number of likely N-dealkylation sites (tertiary alicyclic amines) is 1. The maximum absolute atomic E-state index is 6.53. The first-order valence-electron chi connectivity index (χ1n) is 11.2. The van der Waals surface area contributed by atoms with Gasteiger partial charge in [-0.25, -0.2) is 4.99 Å². The second-order valence-corrected chi connectivity index (χ2v) is 8.96. The van der Waals surface area contributed by atoms with Gasteiger partial charge in [-0.2, -0.15) is 0 Å². The first-order chi connectivity index (χ1) is 16.0. The van der Waals surface area contributed by atoms with Gasteiger partial charge in [0.05, 0.1) is 12.6 Å². The summed E-state index contributed by atoms with van der Waals surface area (Å²) < 4.78 is 8.14. The quantitative estimate of drug-likeness (QED) is 0.323. The van der Waals surface area contributed by atoms with Gasteiger partial charge >= 0.3 is 0 Å². The van der Waals surface area contributed by atoms with Gasteiger partial charge in [-0.15, -0.1) is 10.2 Å². The van der Waals surface area contributed by atoms with E-state index in [0.29, 0.717) is 12.5 Å². The standard InChI is InChI=1S/C25H27ClN6O/c1-16(23-14-19-6-3-4-8-22(19)33-23)28-25(27)31-13-5-7-21(31)24-30-29-17(2)32(24)15-18-9-11-20(26)12-10-18/h3-4,6,8-12,14,16,21H,5,7,13,15H2,1-2H3,(H2,27,28)/t16-,21+/m0/s1. The fourth-order valence-corrected chi connectivity index (χ4v) is 4.59. The van der Waals surface area contributed by atoms with Crippen molar-refractivity contribution in [3.63, 3.8) is 0 Å². The van der Waals surface area contributed by atoms with Crippen LogP contribution in [0, 0.1) is 6.92 Å². The molecule has 5 rings (SSSR count). The van der Waals surface area contributed by atoms with E-state index in [1.165, 1.54) is 0 Å². The number of guanidine groups is 1. The zero-order valence-electron chi connectivity index (χ0n) is 18.8. The number of aryl methyl sites for hydroxylation is 1. The van der Waals surface area contributed by atoms with Crippen molar-refractivity contribution in [2.24, 2.45) is 10.7 Å². The number of aliphatic imine (C=N–C) groups is 1. The van der Waals surface area contributed by atoms with E-state index in [9.17, 15) is 0 Å². The van der Waals surface area contributed by atoms with E-state index in [1.807, 2.05) is 68.4 Å². The third kappa shape index (κ3) is 4.33. The van der Waals surface area contributed by atoms with Crippen LogP contribution in [0.5, 0.6) is 0 Å². The molecule has 2 atom stereocenters. The Morgan fingerprint density at radius 3 is 2.79 bits per heavy atom. The summed E-state index contributed by atoms with van der Waals surface area (Å²) in [6, 6.07) is 17.7. The number of rotatable bonds is 5. The Bertz CT molecular complexity index is 1260. The lowest BCUT2D eigenvalue weighted by Gasteiger charge is -2.26. The highest BCUT2D eigenvalue weighted by Crippen LogP contribution is 2.32. The number of para-hydroxylation sites is 1. The normalized spacial score (nSPS) is 17.7. The molecule has 0 spiro atoms. The molecule has 0 unspecified atom stereocenters. The highest BCUT2D eigenvalue weighted by atomic mass is 35.5. The van der Waals surface area contributed by atoms with Crippen LogP contribution in [0.2, 0.25) is 5.02 Å². The maximum Gasteiger partial charge on any atom is 0.192 e. The fourth-order valence-electron chi connectivity index (χ4n) is 4.47. The van der Waals surface area contributed by atoms with Gasteiger partial charge in [0.2, 0.25) is 0 Å². The number of benzene rings is 2. The van der Waals surface area contributed by atoms with Gasteiger partial charge in [0.15, 0.2) is 11.8 Å². The Morgan fingerprint density at radius 1 is 1.21 bits per heavy atom. The third-order valence-electron chi connectivity index (χ3n) is 6.25. The van der Waals surface area contributed by atoms with Gasteiger partial charge in [0.25, 0.3) is 0 Å². The molecule has 2 N–H and O–H groups in total. The van der Waals surface area contributed by atoms with Crippen molar-refractivity contribution < 1.29 is 4.42 Å². The highest BCUT2D eigenvalue weighted by molar-refractivity contribution is 6.30. The predicted octanol–water partition coefficient (Wildman–Crippen LogP) is 5.25. The van der Waals surface area contributed by atoms with Crippen molar-refractivity contribution >= 4 is 28.5 Å². The minimum Gasteiger partial charge on any atom is -0.459 e. The minimum atomic E-state index is -0.188. The number of furan rings is 1. The van der Waals surface area contributed by atoms with Crippen molar-refractivity contribution in [3.05, 3.63) is 82.6 Å². The summed E-state index contributed by atoms with van der Waals surface area (Å²) in [4.78, 5) is 6.92. The third-order valence-corrected chi connectivity index (χ3v) is 6.50. The van der Waals surface area contributed by atoms with Crippen LogP contribution in [0.3, 0.4) is 0 Å². The van der Waals surface area contributed by atoms with E-state index >= 15 is 0 Å². The predicted molar refractivity (Wildman–Crippen MR) is 130 cm³/mol. The first kappa shape index (κ1) is 21.5. The number of nitrogens with zero attached hydrogens (tertiary/aromatic N) is 5. The van der Waals surface area contributed by atoms with Gasteiger partial charge < -0.3 is 19.6 Å². The lowest BCUT2D eigenvalue weighted by Crippen LogP contribution is -2.38. The summed E-state index contributed by atoms with van der Waals surface area (Å²) in [5.41, 5.74) is 8.53. The van der Waals surface area contributed by atoms with Gasteiger partial charge in [-0.3, -0.25) is 0 Å². The van der Waals surface area contributed by atoms with E-state index < -0.39 is 0 Å². The van der Waals surface area contributed by atoms with Crippen molar-refractivity contribution in [2.45, 2.75) is 45.3 Å². The Hall–Kier alpha value is -3.32. The number of aromatic nitrogens is 3. The van der Waals surface area contributed by atoms with Crippen LogP contribution in [-0.2, 0) is 6.54 Å². The Kier molecular flexibility index (Phi) is 5.81. The smallest absolute Gasteiger partial charge is 0.192 e. The van der Waals surface area contributed by atoms with Crippen LogP contribution < -0.4 is 5.73 Å². The lowest BCUT2D eigenvalue weighted by molar-refractivity contribution is 0.365. The number of nitrogens with two attached hydrogens (primary N) is 1. The van der Waals surface area contributed by atoms with E-state index in [-0.39, 0.29) is 12.1 Å². The number of hydrogen-bond acceptors (Lipinski definition) is 4. The van der Waals surface area contributed by atoms with Gasteiger partial charge in [0.1, 0.15) is 23.2 Å². The summed E-state index contributed by atoms with van der Waals surface area (Å²) in [5.74, 6) is 3.09. The summed E-state index contributed by atoms with van der Waals surface area (Å²) in [5, 5.41) is 10.7. The molecule has 7 nitrogen and oxygen atoms in total. The van der Waals surface area contributed by atoms with Crippen LogP contribution >= 0.6 is 11.6 Å². The van der Waals surface area contributed by atoms with Gasteiger partial charge in [0, 0.05) is 17.0 Å². The van der Waals surface area contributed by atoms with E-state index in [4.69, 9.17) is 26.7 Å². The molecule has 1 aliphatic rings. The molecule has 4 aromatic rings. The van der Waals surface area contributed by atoms with Gasteiger partial charge in [-0.1, -0.05) is 41.9 Å². The van der Waals surface area contributed by atoms with Crippen molar-refractivity contribution in [1.82, 2.24) is 19.7 Å². The molecule has 0 aliphatic carbocycles. The van der Waals surface area contributed by atoms with Crippen LogP contribution in [-0.4, -0.2) is 32.2 Å². The minimum absolute atomic E-state index is 0.0325. The van der Waals surface area contributed by atoms with Crippen molar-refractivity contribution in [2.75, 3.05) is 6.54 Å². The monoisotopic (exact) mass is 462 g/mol. The summed E-state index contributed by atoms with van der Waals surface area (Å²) in [7, 11) is 0. The second-order valence-electron chi connectivity index (χ2n) is 8.52. The molecule has 1 aliphatic heterocycles. The van der Waals surface area contributed by atoms with Crippen LogP contribution in [0.1, 0.15) is 54.8 Å². The van der Waals surface area contributed by atoms with Crippen LogP contribution in [0.25, 0.3) is 11.0 Å². The Labute approximate surface area is 197 Å². The molecule has 0 bridgehead atoms. The molecule has 0 amide bonds. The average molecular weight is 463 g/mol. The molecule has 1 fully saturated rings.